The summed E-state index contributed by atoms with van der Waals surface area (Å²) in [6.45, 7) is 3.66. The molecule has 0 saturated heterocycles. The van der Waals surface area contributed by atoms with Gasteiger partial charge in [0.1, 0.15) is 0 Å². The van der Waals surface area contributed by atoms with E-state index in [4.69, 9.17) is 28.3 Å². The molecule has 4 nitrogen and oxygen atoms in total. The van der Waals surface area contributed by atoms with Crippen molar-refractivity contribution < 1.29 is 14.7 Å². The van der Waals surface area contributed by atoms with Crippen LogP contribution in [0.2, 0.25) is 10.0 Å². The molecule has 2 N–H and O–H groups in total. The Bertz CT molecular complexity index is 601. The highest BCUT2D eigenvalue weighted by atomic mass is 35.5. The van der Waals surface area contributed by atoms with E-state index in [0.29, 0.717) is 16.5 Å². The van der Waals surface area contributed by atoms with Crippen molar-refractivity contribution >= 4 is 35.1 Å². The molecule has 1 aromatic rings. The van der Waals surface area contributed by atoms with Gasteiger partial charge in [0, 0.05) is 17.9 Å². The van der Waals surface area contributed by atoms with Crippen LogP contribution in [0.5, 0.6) is 0 Å². The highest BCUT2D eigenvalue weighted by Crippen LogP contribution is 2.50. The number of hydrogen-bond donors (Lipinski definition) is 2. The third-order valence-corrected chi connectivity index (χ3v) is 4.77. The summed E-state index contributed by atoms with van der Waals surface area (Å²) < 4.78 is 0. The summed E-state index contributed by atoms with van der Waals surface area (Å²) in [5.41, 5.74) is 0.360. The van der Waals surface area contributed by atoms with Crippen molar-refractivity contribution in [3.8, 4) is 0 Å². The quantitative estimate of drug-likeness (QED) is 0.824. The van der Waals surface area contributed by atoms with Crippen molar-refractivity contribution in [2.75, 3.05) is 0 Å². The molecule has 0 bridgehead atoms. The van der Waals surface area contributed by atoms with Gasteiger partial charge in [0.05, 0.1) is 10.0 Å². The second-order valence-corrected chi connectivity index (χ2v) is 7.14. The third kappa shape index (κ3) is 4.14. The normalized spacial score (nSPS) is 20.5. The Morgan fingerprint density at radius 1 is 1.36 bits per heavy atom. The molecule has 2 rings (SSSR count). The number of carboxylic acid groups (broad SMARTS) is 1. The van der Waals surface area contributed by atoms with E-state index in [-0.39, 0.29) is 24.2 Å². The SMILES string of the molecule is CC(C)(CCC(=O)O)NC(=O)C1CC1c1cccc(Cl)c1Cl. The maximum atomic E-state index is 12.3. The van der Waals surface area contributed by atoms with Gasteiger partial charge in [-0.15, -0.1) is 0 Å². The zero-order valence-corrected chi connectivity index (χ0v) is 14.0. The predicted octanol–water partition coefficient (Wildman–Crippen LogP) is 3.86. The van der Waals surface area contributed by atoms with Gasteiger partial charge in [-0.2, -0.15) is 0 Å². The lowest BCUT2D eigenvalue weighted by Gasteiger charge is -2.25. The van der Waals surface area contributed by atoms with Crippen molar-refractivity contribution in [2.45, 2.75) is 44.6 Å². The highest BCUT2D eigenvalue weighted by molar-refractivity contribution is 6.42. The Hall–Kier alpha value is -1.26. The first-order chi connectivity index (χ1) is 10.2. The molecule has 1 aliphatic rings. The van der Waals surface area contributed by atoms with Crippen molar-refractivity contribution in [1.82, 2.24) is 5.32 Å². The van der Waals surface area contributed by atoms with Crippen molar-refractivity contribution in [3.05, 3.63) is 33.8 Å². The molecule has 1 aromatic carbocycles. The van der Waals surface area contributed by atoms with E-state index >= 15 is 0 Å². The van der Waals surface area contributed by atoms with Crippen LogP contribution in [0.15, 0.2) is 18.2 Å². The van der Waals surface area contributed by atoms with Gasteiger partial charge in [-0.25, -0.2) is 0 Å². The molecule has 120 valence electrons. The van der Waals surface area contributed by atoms with Gasteiger partial charge in [-0.3, -0.25) is 9.59 Å². The molecule has 6 heteroatoms. The molecular formula is C16H19Cl2NO3. The minimum absolute atomic E-state index is 0.0293. The largest absolute Gasteiger partial charge is 0.481 e. The van der Waals surface area contributed by atoms with Crippen LogP contribution in [-0.4, -0.2) is 22.5 Å². The van der Waals surface area contributed by atoms with Crippen molar-refractivity contribution in [2.24, 2.45) is 5.92 Å². The lowest BCUT2D eigenvalue weighted by atomic mass is 9.98. The molecule has 1 aliphatic carbocycles. The summed E-state index contributed by atoms with van der Waals surface area (Å²) in [7, 11) is 0. The zero-order valence-electron chi connectivity index (χ0n) is 12.5. The molecule has 2 atom stereocenters. The fourth-order valence-corrected chi connectivity index (χ4v) is 2.99. The fourth-order valence-electron chi connectivity index (χ4n) is 2.54. The number of hydrogen-bond acceptors (Lipinski definition) is 2. The van der Waals surface area contributed by atoms with Crippen LogP contribution in [0.1, 0.15) is 44.6 Å². The summed E-state index contributed by atoms with van der Waals surface area (Å²) in [6, 6.07) is 5.44. The second kappa shape index (κ2) is 6.47. The molecule has 0 radical (unpaired) electrons. The Morgan fingerprint density at radius 2 is 2.05 bits per heavy atom. The van der Waals surface area contributed by atoms with Gasteiger partial charge in [-0.05, 0) is 44.2 Å². The summed E-state index contributed by atoms with van der Waals surface area (Å²) in [5.74, 6) is -0.963. The average Bonchev–Trinajstić information content (AvgIpc) is 3.20. The summed E-state index contributed by atoms with van der Waals surface area (Å²) >= 11 is 12.2. The van der Waals surface area contributed by atoms with Crippen molar-refractivity contribution in [1.29, 1.82) is 0 Å². The first-order valence-electron chi connectivity index (χ1n) is 7.19. The second-order valence-electron chi connectivity index (χ2n) is 6.36. The molecule has 22 heavy (non-hydrogen) atoms. The van der Waals surface area contributed by atoms with E-state index in [2.05, 4.69) is 5.32 Å². The maximum Gasteiger partial charge on any atom is 0.303 e. The number of amides is 1. The number of aliphatic carboxylic acids is 1. The number of carbonyl (C=O) groups is 2. The van der Waals surface area contributed by atoms with Crippen LogP contribution < -0.4 is 5.32 Å². The van der Waals surface area contributed by atoms with Crippen LogP contribution in [0, 0.1) is 5.92 Å². The first kappa shape index (κ1) is 17.1. The number of nitrogens with one attached hydrogen (secondary N) is 1. The minimum atomic E-state index is -0.864. The van der Waals surface area contributed by atoms with E-state index in [0.717, 1.165) is 12.0 Å². The van der Waals surface area contributed by atoms with Gasteiger partial charge >= 0.3 is 5.97 Å². The topological polar surface area (TPSA) is 66.4 Å². The number of benzene rings is 1. The van der Waals surface area contributed by atoms with Crippen LogP contribution in [0.4, 0.5) is 0 Å². The number of carbonyl (C=O) groups excluding carboxylic acids is 1. The smallest absolute Gasteiger partial charge is 0.303 e. The fraction of sp³-hybridized carbons (Fsp3) is 0.500. The van der Waals surface area contributed by atoms with Crippen LogP contribution in [0.3, 0.4) is 0 Å². The zero-order chi connectivity index (χ0) is 16.5. The van der Waals surface area contributed by atoms with Gasteiger partial charge < -0.3 is 10.4 Å². The lowest BCUT2D eigenvalue weighted by molar-refractivity contribution is -0.138. The molecule has 0 aliphatic heterocycles. The Balaban J connectivity index is 1.96. The van der Waals surface area contributed by atoms with E-state index in [1.807, 2.05) is 26.0 Å². The molecule has 0 spiro atoms. The summed E-state index contributed by atoms with van der Waals surface area (Å²) in [6.07, 6.45) is 1.16. The minimum Gasteiger partial charge on any atom is -0.481 e. The van der Waals surface area contributed by atoms with Crippen LogP contribution in [0.25, 0.3) is 0 Å². The van der Waals surface area contributed by atoms with E-state index in [9.17, 15) is 9.59 Å². The molecule has 1 amide bonds. The molecule has 1 fully saturated rings. The summed E-state index contributed by atoms with van der Waals surface area (Å²) in [4.78, 5) is 23.0. The highest BCUT2D eigenvalue weighted by Gasteiger charge is 2.46. The number of rotatable bonds is 6. The average molecular weight is 344 g/mol. The van der Waals surface area contributed by atoms with Crippen LogP contribution >= 0.6 is 23.2 Å². The molecule has 0 heterocycles. The van der Waals surface area contributed by atoms with Crippen LogP contribution in [-0.2, 0) is 9.59 Å². The summed E-state index contributed by atoms with van der Waals surface area (Å²) in [5, 5.41) is 12.7. The number of halogens is 2. The Labute approximate surface area is 139 Å². The van der Waals surface area contributed by atoms with Gasteiger partial charge in [-0.1, -0.05) is 35.3 Å². The van der Waals surface area contributed by atoms with E-state index < -0.39 is 11.5 Å². The monoisotopic (exact) mass is 343 g/mol. The third-order valence-electron chi connectivity index (χ3n) is 3.93. The first-order valence-corrected chi connectivity index (χ1v) is 7.94. The molecular weight excluding hydrogens is 325 g/mol. The Morgan fingerprint density at radius 3 is 2.68 bits per heavy atom. The molecule has 2 unspecified atom stereocenters. The predicted molar refractivity (Wildman–Crippen MR) is 86.4 cm³/mol. The Kier molecular flexibility index (Phi) is 5.03. The van der Waals surface area contributed by atoms with Crippen molar-refractivity contribution in [3.63, 3.8) is 0 Å². The van der Waals surface area contributed by atoms with E-state index in [1.54, 1.807) is 6.07 Å². The standard InChI is InChI=1S/C16H19Cl2NO3/c1-16(2,7-6-13(20)21)19-15(22)11-8-10(11)9-4-3-5-12(17)14(9)18/h3-5,10-11H,6-8H2,1-2H3,(H,19,22)(H,20,21). The van der Waals surface area contributed by atoms with Gasteiger partial charge in [0.15, 0.2) is 0 Å². The van der Waals surface area contributed by atoms with Gasteiger partial charge in [0.2, 0.25) is 5.91 Å². The maximum absolute atomic E-state index is 12.3. The van der Waals surface area contributed by atoms with E-state index in [1.165, 1.54) is 0 Å². The molecule has 1 saturated carbocycles. The number of carboxylic acids is 1. The lowest BCUT2D eigenvalue weighted by Crippen LogP contribution is -2.44. The van der Waals surface area contributed by atoms with Gasteiger partial charge in [0.25, 0.3) is 0 Å². The molecule has 0 aromatic heterocycles.